The van der Waals surface area contributed by atoms with Gasteiger partial charge in [0.15, 0.2) is 11.6 Å². The number of Topliss-reactive ketones (excluding diaryl/α,β-unsaturated/α-hetero) is 2. The van der Waals surface area contributed by atoms with Crippen molar-refractivity contribution >= 4 is 11.6 Å². The summed E-state index contributed by atoms with van der Waals surface area (Å²) in [4.78, 5) is 23.3. The third-order valence-electron chi connectivity index (χ3n) is 5.99. The maximum Gasteiger partial charge on any atom is 0.158 e. The molecule has 0 heterocycles. The molecule has 2 nitrogen and oxygen atoms in total. The Kier molecular flexibility index (Phi) is 18.4. The Morgan fingerprint density at radius 3 is 1.60 bits per heavy atom. The largest absolute Gasteiger partial charge is 0.295 e. The van der Waals surface area contributed by atoms with Gasteiger partial charge >= 0.3 is 0 Å². The van der Waals surface area contributed by atoms with E-state index >= 15 is 0 Å². The van der Waals surface area contributed by atoms with Crippen LogP contribution in [0.25, 0.3) is 0 Å². The fraction of sp³-hybridized carbons (Fsp3) is 0.643. The second-order valence-electron chi connectivity index (χ2n) is 7.88. The summed E-state index contributed by atoms with van der Waals surface area (Å²) in [7, 11) is 0. The Labute approximate surface area is 187 Å². The van der Waals surface area contributed by atoms with Crippen molar-refractivity contribution in [3.8, 4) is 0 Å². The minimum Gasteiger partial charge on any atom is -0.295 e. The third-order valence-corrected chi connectivity index (χ3v) is 5.99. The first-order chi connectivity index (χ1) is 14.3. The summed E-state index contributed by atoms with van der Waals surface area (Å²) in [5.41, 5.74) is 2.12. The van der Waals surface area contributed by atoms with Crippen molar-refractivity contribution in [3.05, 3.63) is 48.6 Å². The molecule has 0 radical (unpaired) electrons. The van der Waals surface area contributed by atoms with E-state index in [9.17, 15) is 9.59 Å². The van der Waals surface area contributed by atoms with Crippen molar-refractivity contribution in [1.29, 1.82) is 0 Å². The van der Waals surface area contributed by atoms with Crippen LogP contribution >= 0.6 is 0 Å². The van der Waals surface area contributed by atoms with E-state index in [-0.39, 0.29) is 17.0 Å². The van der Waals surface area contributed by atoms with Gasteiger partial charge < -0.3 is 0 Å². The van der Waals surface area contributed by atoms with Crippen LogP contribution in [0.1, 0.15) is 106 Å². The fourth-order valence-electron chi connectivity index (χ4n) is 3.55. The normalized spacial score (nSPS) is 13.2. The second kappa shape index (κ2) is 18.1. The number of hydrogen-bond acceptors (Lipinski definition) is 2. The fourth-order valence-corrected chi connectivity index (χ4v) is 3.55. The number of allylic oxidation sites excluding steroid dienone is 6. The van der Waals surface area contributed by atoms with E-state index in [0.29, 0.717) is 18.8 Å². The van der Waals surface area contributed by atoms with Gasteiger partial charge in [-0.3, -0.25) is 9.59 Å². The van der Waals surface area contributed by atoms with Crippen LogP contribution in [0.5, 0.6) is 0 Å². The van der Waals surface area contributed by atoms with Crippen LogP contribution < -0.4 is 0 Å². The monoisotopic (exact) mass is 416 g/mol. The zero-order chi connectivity index (χ0) is 23.6. The van der Waals surface area contributed by atoms with Crippen LogP contribution in [-0.4, -0.2) is 11.6 Å². The Hall–Kier alpha value is -1.70. The van der Waals surface area contributed by atoms with E-state index in [1.807, 2.05) is 32.9 Å². The van der Waals surface area contributed by atoms with Crippen molar-refractivity contribution in [3.63, 3.8) is 0 Å². The molecule has 0 amide bonds. The average Bonchev–Trinajstić information content (AvgIpc) is 2.78. The van der Waals surface area contributed by atoms with Crippen molar-refractivity contribution in [1.82, 2.24) is 0 Å². The predicted octanol–water partition coefficient (Wildman–Crippen LogP) is 8.59. The lowest BCUT2D eigenvalue weighted by Crippen LogP contribution is -2.17. The molecule has 0 aromatic carbocycles. The van der Waals surface area contributed by atoms with E-state index in [1.54, 1.807) is 0 Å². The number of ketones is 2. The van der Waals surface area contributed by atoms with Gasteiger partial charge in [-0.1, -0.05) is 72.8 Å². The summed E-state index contributed by atoms with van der Waals surface area (Å²) in [6.07, 6.45) is 16.3. The Balaban J connectivity index is 0. The van der Waals surface area contributed by atoms with Crippen LogP contribution in [0.15, 0.2) is 48.6 Å². The van der Waals surface area contributed by atoms with Crippen molar-refractivity contribution in [2.45, 2.75) is 106 Å². The first-order valence-corrected chi connectivity index (χ1v) is 12.0. The van der Waals surface area contributed by atoms with Crippen LogP contribution in [0, 0.1) is 11.3 Å². The topological polar surface area (TPSA) is 34.1 Å². The van der Waals surface area contributed by atoms with Gasteiger partial charge in [0.25, 0.3) is 0 Å². The molecule has 0 bridgehead atoms. The minimum absolute atomic E-state index is 0.137. The predicted molar refractivity (Wildman–Crippen MR) is 134 cm³/mol. The molecule has 0 N–H and O–H groups in total. The summed E-state index contributed by atoms with van der Waals surface area (Å²) >= 11 is 0. The summed E-state index contributed by atoms with van der Waals surface area (Å²) in [6.45, 7) is 22.0. The van der Waals surface area contributed by atoms with Crippen molar-refractivity contribution < 1.29 is 9.59 Å². The number of hydrogen-bond donors (Lipinski definition) is 0. The van der Waals surface area contributed by atoms with Crippen LogP contribution in [0.3, 0.4) is 0 Å². The molecule has 1 atom stereocenters. The molecule has 0 aromatic rings. The van der Waals surface area contributed by atoms with Crippen molar-refractivity contribution in [2.75, 3.05) is 0 Å². The lowest BCUT2D eigenvalue weighted by molar-refractivity contribution is -0.116. The molecule has 0 aromatic heterocycles. The molecule has 30 heavy (non-hydrogen) atoms. The van der Waals surface area contributed by atoms with Crippen LogP contribution in [-0.2, 0) is 9.59 Å². The average molecular weight is 417 g/mol. The van der Waals surface area contributed by atoms with Gasteiger partial charge in [-0.05, 0) is 67.4 Å². The zero-order valence-corrected chi connectivity index (χ0v) is 21.0. The van der Waals surface area contributed by atoms with E-state index in [4.69, 9.17) is 0 Å². The van der Waals surface area contributed by atoms with E-state index in [0.717, 1.165) is 56.1 Å². The molecular formula is C28H48O2. The number of rotatable bonds is 15. The van der Waals surface area contributed by atoms with Gasteiger partial charge in [-0.2, -0.15) is 0 Å². The molecule has 172 valence electrons. The van der Waals surface area contributed by atoms with Gasteiger partial charge in [-0.25, -0.2) is 0 Å². The third kappa shape index (κ3) is 11.5. The van der Waals surface area contributed by atoms with E-state index in [2.05, 4.69) is 53.0 Å². The first-order valence-electron chi connectivity index (χ1n) is 12.0. The molecular weight excluding hydrogens is 368 g/mol. The second-order valence-corrected chi connectivity index (χ2v) is 7.88. The van der Waals surface area contributed by atoms with Crippen LogP contribution in [0.4, 0.5) is 0 Å². The van der Waals surface area contributed by atoms with Crippen LogP contribution in [0.2, 0.25) is 0 Å². The molecule has 0 aliphatic heterocycles. The highest BCUT2D eigenvalue weighted by atomic mass is 16.1. The Bertz CT molecular complexity index is 573. The SMILES string of the molecule is C=CCC(C=C(CC)C(=O)CC)(CC)CC.C=CCC(C=C(CC)C(=O)CC)CC. The summed E-state index contributed by atoms with van der Waals surface area (Å²) < 4.78 is 0. The zero-order valence-electron chi connectivity index (χ0n) is 21.0. The Morgan fingerprint density at radius 2 is 1.27 bits per heavy atom. The molecule has 1 unspecified atom stereocenters. The highest BCUT2D eigenvalue weighted by Gasteiger charge is 2.23. The maximum absolute atomic E-state index is 11.8. The Morgan fingerprint density at radius 1 is 0.767 bits per heavy atom. The molecule has 0 fully saturated rings. The van der Waals surface area contributed by atoms with E-state index in [1.165, 1.54) is 0 Å². The molecule has 0 aliphatic carbocycles. The molecule has 2 heteroatoms. The molecule has 0 spiro atoms. The lowest BCUT2D eigenvalue weighted by Gasteiger charge is -2.28. The highest BCUT2D eigenvalue weighted by molar-refractivity contribution is 5.95. The first kappa shape index (κ1) is 30.5. The molecule has 0 saturated heterocycles. The van der Waals surface area contributed by atoms with Gasteiger partial charge in [0.2, 0.25) is 0 Å². The quantitative estimate of drug-likeness (QED) is 0.198. The van der Waals surface area contributed by atoms with E-state index < -0.39 is 0 Å². The number of carbonyl (C=O) groups is 2. The van der Waals surface area contributed by atoms with Gasteiger partial charge in [0, 0.05) is 12.8 Å². The van der Waals surface area contributed by atoms with Gasteiger partial charge in [0.1, 0.15) is 0 Å². The molecule has 0 rings (SSSR count). The molecule has 0 aliphatic rings. The standard InChI is InChI=1S/C15H26O.C13H22O/c1-6-11-15(9-4,10-5)12-13(7-2)14(16)8-3;1-5-9-11(6-2)10-12(7-3)13(14)8-4/h6,12H,1,7-11H2,2-5H3;5,10-11H,1,6-9H2,2-4H3. The smallest absolute Gasteiger partial charge is 0.158 e. The summed E-state index contributed by atoms with van der Waals surface area (Å²) in [5, 5.41) is 0. The van der Waals surface area contributed by atoms with Gasteiger partial charge in [0.05, 0.1) is 0 Å². The number of carbonyl (C=O) groups excluding carboxylic acids is 2. The highest BCUT2D eigenvalue weighted by Crippen LogP contribution is 2.34. The minimum atomic E-state index is 0.137. The maximum atomic E-state index is 11.8. The van der Waals surface area contributed by atoms with Gasteiger partial charge in [-0.15, -0.1) is 13.2 Å². The lowest BCUT2D eigenvalue weighted by atomic mass is 9.77. The summed E-state index contributed by atoms with van der Waals surface area (Å²) in [6, 6.07) is 0. The molecule has 0 saturated carbocycles. The summed E-state index contributed by atoms with van der Waals surface area (Å²) in [5.74, 6) is 1.06. The van der Waals surface area contributed by atoms with Crippen molar-refractivity contribution in [2.24, 2.45) is 11.3 Å².